The van der Waals surface area contributed by atoms with Gasteiger partial charge in [-0.25, -0.2) is 4.98 Å². The van der Waals surface area contributed by atoms with E-state index in [0.29, 0.717) is 33.9 Å². The first-order valence-corrected chi connectivity index (χ1v) is 10.5. The highest BCUT2D eigenvalue weighted by atomic mass is 32.2. The van der Waals surface area contributed by atoms with E-state index >= 15 is 0 Å². The minimum absolute atomic E-state index is 0.238. The standard InChI is InChI=1S/C23H20N6OS/c1-14-22(15(2)29(28-14)13-17-9-7-16(12-24)8-10-17)27-23(30)19-11-21(31-25)26-20-6-4-3-5-18(19)20/h3-11H,13,25H2,1-2H3,(H,27,30). The highest BCUT2D eigenvalue weighted by molar-refractivity contribution is 7.97. The smallest absolute Gasteiger partial charge is 0.256 e. The van der Waals surface area contributed by atoms with Crippen molar-refractivity contribution >= 4 is 34.4 Å². The third kappa shape index (κ3) is 4.14. The molecule has 31 heavy (non-hydrogen) atoms. The fourth-order valence-corrected chi connectivity index (χ4v) is 3.81. The molecule has 0 aliphatic heterocycles. The zero-order valence-corrected chi connectivity index (χ0v) is 17.9. The maximum Gasteiger partial charge on any atom is 0.256 e. The maximum atomic E-state index is 13.2. The number of anilines is 1. The third-order valence-corrected chi connectivity index (χ3v) is 5.54. The van der Waals surface area contributed by atoms with Gasteiger partial charge in [-0.05, 0) is 55.6 Å². The van der Waals surface area contributed by atoms with Gasteiger partial charge < -0.3 is 5.32 Å². The minimum atomic E-state index is -0.238. The van der Waals surface area contributed by atoms with Gasteiger partial charge in [0.1, 0.15) is 5.03 Å². The average Bonchev–Trinajstić information content (AvgIpc) is 3.06. The molecule has 4 aromatic rings. The van der Waals surface area contributed by atoms with Gasteiger partial charge in [0.05, 0.1) is 46.3 Å². The van der Waals surface area contributed by atoms with Crippen molar-refractivity contribution in [2.24, 2.45) is 5.14 Å². The van der Waals surface area contributed by atoms with Gasteiger partial charge in [0, 0.05) is 5.39 Å². The van der Waals surface area contributed by atoms with E-state index in [1.165, 1.54) is 0 Å². The van der Waals surface area contributed by atoms with E-state index in [0.717, 1.165) is 34.3 Å². The molecule has 1 amide bonds. The first-order valence-electron chi connectivity index (χ1n) is 9.61. The molecule has 2 aromatic heterocycles. The van der Waals surface area contributed by atoms with Crippen LogP contribution in [0.15, 0.2) is 59.6 Å². The van der Waals surface area contributed by atoms with Crippen molar-refractivity contribution in [2.75, 3.05) is 5.32 Å². The van der Waals surface area contributed by atoms with Gasteiger partial charge in [0.15, 0.2) is 0 Å². The number of para-hydroxylation sites is 1. The number of fused-ring (bicyclic) bond motifs is 1. The van der Waals surface area contributed by atoms with E-state index in [4.69, 9.17) is 10.4 Å². The summed E-state index contributed by atoms with van der Waals surface area (Å²) < 4.78 is 1.85. The highest BCUT2D eigenvalue weighted by Crippen LogP contribution is 2.25. The number of amides is 1. The lowest BCUT2D eigenvalue weighted by molar-refractivity contribution is 0.102. The van der Waals surface area contributed by atoms with Crippen molar-refractivity contribution in [1.29, 1.82) is 5.26 Å². The predicted molar refractivity (Wildman–Crippen MR) is 122 cm³/mol. The van der Waals surface area contributed by atoms with Crippen LogP contribution in [0.2, 0.25) is 0 Å². The maximum absolute atomic E-state index is 13.2. The molecule has 7 nitrogen and oxygen atoms in total. The fraction of sp³-hybridized carbons (Fsp3) is 0.130. The van der Waals surface area contributed by atoms with Crippen LogP contribution >= 0.6 is 11.9 Å². The SMILES string of the molecule is Cc1nn(Cc2ccc(C#N)cc2)c(C)c1NC(=O)c1cc(SN)nc2ccccc12. The van der Waals surface area contributed by atoms with Crippen LogP contribution in [0.25, 0.3) is 10.9 Å². The number of carbonyl (C=O) groups excluding carboxylic acids is 1. The Bertz CT molecular complexity index is 1320. The van der Waals surface area contributed by atoms with Crippen LogP contribution in [0.1, 0.15) is 32.9 Å². The topological polar surface area (TPSA) is 110 Å². The normalized spacial score (nSPS) is 10.8. The molecule has 0 bridgehead atoms. The Labute approximate surface area is 184 Å². The molecule has 0 atom stereocenters. The summed E-state index contributed by atoms with van der Waals surface area (Å²) in [5, 5.41) is 23.6. The molecule has 2 aromatic carbocycles. The van der Waals surface area contributed by atoms with E-state index in [1.54, 1.807) is 18.2 Å². The molecule has 8 heteroatoms. The molecule has 0 radical (unpaired) electrons. The van der Waals surface area contributed by atoms with Crippen LogP contribution in [-0.2, 0) is 6.54 Å². The molecule has 0 saturated heterocycles. The molecule has 0 aliphatic rings. The van der Waals surface area contributed by atoms with Gasteiger partial charge in [-0.1, -0.05) is 30.3 Å². The number of carbonyl (C=O) groups is 1. The van der Waals surface area contributed by atoms with Gasteiger partial charge >= 0.3 is 0 Å². The fourth-order valence-electron chi connectivity index (χ4n) is 3.47. The number of nitrogens with one attached hydrogen (secondary N) is 1. The number of hydrogen-bond acceptors (Lipinski definition) is 6. The van der Waals surface area contributed by atoms with Crippen LogP contribution in [0.3, 0.4) is 0 Å². The lowest BCUT2D eigenvalue weighted by Gasteiger charge is -2.10. The average molecular weight is 429 g/mol. The molecule has 0 spiro atoms. The summed E-state index contributed by atoms with van der Waals surface area (Å²) >= 11 is 1.01. The lowest BCUT2D eigenvalue weighted by Crippen LogP contribution is -2.14. The second-order valence-corrected chi connectivity index (χ2v) is 7.76. The van der Waals surface area contributed by atoms with Crippen molar-refractivity contribution in [3.8, 4) is 6.07 Å². The summed E-state index contributed by atoms with van der Waals surface area (Å²) in [5.41, 5.74) is 5.12. The molecule has 0 unspecified atom stereocenters. The molecular weight excluding hydrogens is 408 g/mol. The van der Waals surface area contributed by atoms with Crippen LogP contribution < -0.4 is 10.5 Å². The monoisotopic (exact) mass is 428 g/mol. The summed E-state index contributed by atoms with van der Waals surface area (Å²) in [6, 6.07) is 18.7. The van der Waals surface area contributed by atoms with Crippen molar-refractivity contribution in [1.82, 2.24) is 14.8 Å². The number of rotatable bonds is 5. The van der Waals surface area contributed by atoms with Gasteiger partial charge in [-0.3, -0.25) is 14.6 Å². The van der Waals surface area contributed by atoms with E-state index in [9.17, 15) is 4.79 Å². The molecule has 0 saturated carbocycles. The Morgan fingerprint density at radius 1 is 1.19 bits per heavy atom. The van der Waals surface area contributed by atoms with E-state index in [-0.39, 0.29) is 5.91 Å². The van der Waals surface area contributed by atoms with E-state index in [2.05, 4.69) is 21.5 Å². The predicted octanol–water partition coefficient (Wildman–Crippen LogP) is 4.19. The third-order valence-electron chi connectivity index (χ3n) is 5.09. The summed E-state index contributed by atoms with van der Waals surface area (Å²) in [6.07, 6.45) is 0. The summed E-state index contributed by atoms with van der Waals surface area (Å²) in [6.45, 7) is 4.33. The van der Waals surface area contributed by atoms with E-state index < -0.39 is 0 Å². The number of benzene rings is 2. The largest absolute Gasteiger partial charge is 0.319 e. The van der Waals surface area contributed by atoms with Crippen LogP contribution in [0.5, 0.6) is 0 Å². The number of aryl methyl sites for hydroxylation is 1. The van der Waals surface area contributed by atoms with Crippen LogP contribution in [0.4, 0.5) is 5.69 Å². The summed E-state index contributed by atoms with van der Waals surface area (Å²) in [4.78, 5) is 17.6. The molecule has 2 heterocycles. The second-order valence-electron chi connectivity index (χ2n) is 7.11. The zero-order valence-electron chi connectivity index (χ0n) is 17.1. The van der Waals surface area contributed by atoms with Crippen molar-refractivity contribution < 1.29 is 4.79 Å². The Balaban J connectivity index is 1.63. The van der Waals surface area contributed by atoms with Gasteiger partial charge in [-0.2, -0.15) is 10.4 Å². The highest BCUT2D eigenvalue weighted by Gasteiger charge is 2.18. The van der Waals surface area contributed by atoms with Crippen molar-refractivity contribution in [2.45, 2.75) is 25.4 Å². The Morgan fingerprint density at radius 3 is 2.65 bits per heavy atom. The van der Waals surface area contributed by atoms with Crippen molar-refractivity contribution in [3.63, 3.8) is 0 Å². The van der Waals surface area contributed by atoms with E-state index in [1.807, 2.05) is 54.9 Å². The van der Waals surface area contributed by atoms with Gasteiger partial charge in [0.25, 0.3) is 5.91 Å². The number of aromatic nitrogens is 3. The molecule has 154 valence electrons. The number of nitriles is 1. The number of nitrogens with zero attached hydrogens (tertiary/aromatic N) is 4. The quantitative estimate of drug-likeness (QED) is 0.461. The Hall–Kier alpha value is -3.67. The molecule has 3 N–H and O–H groups in total. The van der Waals surface area contributed by atoms with Gasteiger partial charge in [0.2, 0.25) is 0 Å². The Kier molecular flexibility index (Phi) is 5.71. The van der Waals surface area contributed by atoms with Crippen LogP contribution in [0, 0.1) is 25.2 Å². The van der Waals surface area contributed by atoms with Crippen molar-refractivity contribution in [3.05, 3.63) is 82.7 Å². The first-order chi connectivity index (χ1) is 15.0. The lowest BCUT2D eigenvalue weighted by atomic mass is 10.1. The zero-order chi connectivity index (χ0) is 22.0. The minimum Gasteiger partial charge on any atom is -0.319 e. The molecular formula is C23H20N6OS. The van der Waals surface area contributed by atoms with Crippen LogP contribution in [-0.4, -0.2) is 20.7 Å². The Morgan fingerprint density at radius 2 is 1.94 bits per heavy atom. The first kappa shape index (κ1) is 20.6. The molecule has 4 rings (SSSR count). The number of nitrogens with two attached hydrogens (primary N) is 1. The van der Waals surface area contributed by atoms with Gasteiger partial charge in [-0.15, -0.1) is 0 Å². The number of hydrogen-bond donors (Lipinski definition) is 2. The molecule has 0 fully saturated rings. The molecule has 0 aliphatic carbocycles. The summed E-state index contributed by atoms with van der Waals surface area (Å²) in [7, 11) is 0. The summed E-state index contributed by atoms with van der Waals surface area (Å²) in [5.74, 6) is -0.238. The number of pyridine rings is 1. The second kappa shape index (κ2) is 8.60.